The van der Waals surface area contributed by atoms with Crippen molar-refractivity contribution < 1.29 is 9.53 Å². The smallest absolute Gasteiger partial charge is 0.224 e. The number of hydrogen-bond acceptors (Lipinski definition) is 2. The molecule has 1 rings (SSSR count). The minimum atomic E-state index is -0.0819. The highest BCUT2D eigenvalue weighted by molar-refractivity contribution is 6.36. The first kappa shape index (κ1) is 15.3. The molecule has 1 aromatic rings. The van der Waals surface area contributed by atoms with E-state index in [1.165, 1.54) is 0 Å². The van der Waals surface area contributed by atoms with E-state index in [9.17, 15) is 4.79 Å². The number of amides is 1. The van der Waals surface area contributed by atoms with Crippen molar-refractivity contribution in [1.29, 1.82) is 0 Å². The third-order valence-corrected chi connectivity index (χ3v) is 3.10. The molecule has 3 nitrogen and oxygen atoms in total. The van der Waals surface area contributed by atoms with Crippen LogP contribution in [-0.4, -0.2) is 25.7 Å². The molecular weight excluding hydrogens is 273 g/mol. The molecule has 18 heavy (non-hydrogen) atoms. The van der Waals surface area contributed by atoms with Gasteiger partial charge in [0.05, 0.1) is 6.42 Å². The summed E-state index contributed by atoms with van der Waals surface area (Å²) in [4.78, 5) is 11.7. The van der Waals surface area contributed by atoms with Crippen LogP contribution in [0.5, 0.6) is 0 Å². The molecule has 0 unspecified atom stereocenters. The second kappa shape index (κ2) is 8.35. The van der Waals surface area contributed by atoms with Crippen LogP contribution >= 0.6 is 23.2 Å². The zero-order valence-electron chi connectivity index (χ0n) is 10.3. The molecule has 0 spiro atoms. The highest BCUT2D eigenvalue weighted by Crippen LogP contribution is 2.24. The van der Waals surface area contributed by atoms with Gasteiger partial charge in [-0.1, -0.05) is 29.3 Å². The largest absolute Gasteiger partial charge is 0.382 e. The zero-order chi connectivity index (χ0) is 13.4. The summed E-state index contributed by atoms with van der Waals surface area (Å²) in [6.07, 6.45) is 1.00. The Morgan fingerprint density at radius 2 is 2.00 bits per heavy atom. The van der Waals surface area contributed by atoms with E-state index in [1.807, 2.05) is 6.92 Å². The number of carbonyl (C=O) groups excluding carboxylic acids is 1. The summed E-state index contributed by atoms with van der Waals surface area (Å²) in [6.45, 7) is 3.89. The molecule has 0 aliphatic heterocycles. The lowest BCUT2D eigenvalue weighted by molar-refractivity contribution is -0.120. The normalized spacial score (nSPS) is 10.4. The number of carbonyl (C=O) groups is 1. The molecule has 0 aliphatic carbocycles. The Balaban J connectivity index is 2.36. The van der Waals surface area contributed by atoms with E-state index in [0.29, 0.717) is 35.4 Å². The first-order valence-electron chi connectivity index (χ1n) is 5.92. The second-order valence-corrected chi connectivity index (χ2v) is 4.59. The Morgan fingerprint density at radius 1 is 1.33 bits per heavy atom. The number of hydrogen-bond donors (Lipinski definition) is 1. The van der Waals surface area contributed by atoms with Crippen molar-refractivity contribution in [2.45, 2.75) is 19.8 Å². The summed E-state index contributed by atoms with van der Waals surface area (Å²) >= 11 is 12.0. The van der Waals surface area contributed by atoms with Crippen LogP contribution in [0.4, 0.5) is 0 Å². The van der Waals surface area contributed by atoms with Gasteiger partial charge in [-0.3, -0.25) is 4.79 Å². The predicted molar refractivity (Wildman–Crippen MR) is 74.3 cm³/mol. The number of rotatable bonds is 7. The van der Waals surface area contributed by atoms with Crippen molar-refractivity contribution in [3.05, 3.63) is 33.8 Å². The summed E-state index contributed by atoms with van der Waals surface area (Å²) < 4.78 is 5.18. The van der Waals surface area contributed by atoms with Gasteiger partial charge >= 0.3 is 0 Å². The van der Waals surface area contributed by atoms with Gasteiger partial charge in [-0.05, 0) is 31.0 Å². The topological polar surface area (TPSA) is 38.3 Å². The number of benzene rings is 1. The minimum absolute atomic E-state index is 0.0819. The van der Waals surface area contributed by atoms with Gasteiger partial charge in [-0.15, -0.1) is 0 Å². The fourth-order valence-corrected chi connectivity index (χ4v) is 2.00. The van der Waals surface area contributed by atoms with Crippen molar-refractivity contribution in [1.82, 2.24) is 5.32 Å². The van der Waals surface area contributed by atoms with Gasteiger partial charge in [-0.2, -0.15) is 0 Å². The van der Waals surface area contributed by atoms with Gasteiger partial charge in [0.15, 0.2) is 0 Å². The molecule has 0 aromatic heterocycles. The maximum Gasteiger partial charge on any atom is 0.224 e. The molecule has 1 aromatic carbocycles. The van der Waals surface area contributed by atoms with Crippen molar-refractivity contribution in [2.75, 3.05) is 19.8 Å². The van der Waals surface area contributed by atoms with Gasteiger partial charge in [0, 0.05) is 29.8 Å². The van der Waals surface area contributed by atoms with Crippen LogP contribution < -0.4 is 5.32 Å². The summed E-state index contributed by atoms with van der Waals surface area (Å²) in [6, 6.07) is 5.21. The highest BCUT2D eigenvalue weighted by atomic mass is 35.5. The quantitative estimate of drug-likeness (QED) is 0.784. The van der Waals surface area contributed by atoms with Gasteiger partial charge in [-0.25, -0.2) is 0 Å². The van der Waals surface area contributed by atoms with Crippen LogP contribution in [0, 0.1) is 0 Å². The Hall–Kier alpha value is -0.770. The fraction of sp³-hybridized carbons (Fsp3) is 0.462. The van der Waals surface area contributed by atoms with E-state index < -0.39 is 0 Å². The van der Waals surface area contributed by atoms with Crippen molar-refractivity contribution in [2.24, 2.45) is 0 Å². The second-order valence-electron chi connectivity index (χ2n) is 3.78. The summed E-state index contributed by atoms with van der Waals surface area (Å²) in [5.41, 5.74) is 0.670. The predicted octanol–water partition coefficient (Wildman–Crippen LogP) is 3.08. The lowest BCUT2D eigenvalue weighted by atomic mass is 10.1. The molecule has 0 aliphatic rings. The number of ether oxygens (including phenoxy) is 1. The monoisotopic (exact) mass is 289 g/mol. The fourth-order valence-electron chi connectivity index (χ4n) is 1.47. The standard InChI is InChI=1S/C13H17Cl2NO2/c1-2-18-8-4-7-16-13(17)9-10-11(14)5-3-6-12(10)15/h3,5-6H,2,4,7-9H2,1H3,(H,16,17). The molecule has 1 N–H and O–H groups in total. The Labute approximate surface area is 117 Å². The lowest BCUT2D eigenvalue weighted by Crippen LogP contribution is -2.27. The first-order valence-corrected chi connectivity index (χ1v) is 6.68. The Morgan fingerprint density at radius 3 is 2.61 bits per heavy atom. The van der Waals surface area contributed by atoms with E-state index >= 15 is 0 Å². The summed E-state index contributed by atoms with van der Waals surface area (Å²) in [5.74, 6) is -0.0819. The zero-order valence-corrected chi connectivity index (χ0v) is 11.9. The van der Waals surface area contributed by atoms with Gasteiger partial charge in [0.25, 0.3) is 0 Å². The summed E-state index contributed by atoms with van der Waals surface area (Å²) in [5, 5.41) is 3.85. The van der Waals surface area contributed by atoms with Crippen LogP contribution in [0.25, 0.3) is 0 Å². The first-order chi connectivity index (χ1) is 8.65. The minimum Gasteiger partial charge on any atom is -0.382 e. The molecule has 0 atom stereocenters. The highest BCUT2D eigenvalue weighted by Gasteiger charge is 2.10. The molecular formula is C13H17Cl2NO2. The number of halogens is 2. The molecule has 0 heterocycles. The third-order valence-electron chi connectivity index (χ3n) is 2.39. The van der Waals surface area contributed by atoms with Crippen LogP contribution in [-0.2, 0) is 16.0 Å². The molecule has 100 valence electrons. The average molecular weight is 290 g/mol. The van der Waals surface area contributed by atoms with Crippen LogP contribution in [0.2, 0.25) is 10.0 Å². The van der Waals surface area contributed by atoms with E-state index in [-0.39, 0.29) is 12.3 Å². The maximum atomic E-state index is 11.7. The van der Waals surface area contributed by atoms with E-state index in [2.05, 4.69) is 5.32 Å². The van der Waals surface area contributed by atoms with E-state index in [1.54, 1.807) is 18.2 Å². The van der Waals surface area contributed by atoms with Gasteiger partial charge in [0.2, 0.25) is 5.91 Å². The van der Waals surface area contributed by atoms with Gasteiger partial charge in [0.1, 0.15) is 0 Å². The lowest BCUT2D eigenvalue weighted by Gasteiger charge is -2.08. The van der Waals surface area contributed by atoms with Gasteiger partial charge < -0.3 is 10.1 Å². The average Bonchev–Trinajstić information content (AvgIpc) is 2.34. The Bertz CT molecular complexity index is 376. The van der Waals surface area contributed by atoms with Crippen LogP contribution in [0.1, 0.15) is 18.9 Å². The molecule has 0 saturated carbocycles. The summed E-state index contributed by atoms with van der Waals surface area (Å²) in [7, 11) is 0. The number of nitrogens with one attached hydrogen (secondary N) is 1. The van der Waals surface area contributed by atoms with Crippen molar-refractivity contribution in [3.8, 4) is 0 Å². The SMILES string of the molecule is CCOCCCNC(=O)Cc1c(Cl)cccc1Cl. The van der Waals surface area contributed by atoms with Crippen molar-refractivity contribution >= 4 is 29.1 Å². The molecule has 0 radical (unpaired) electrons. The van der Waals surface area contributed by atoms with Crippen LogP contribution in [0.3, 0.4) is 0 Å². The Kier molecular flexibility index (Phi) is 7.09. The molecule has 5 heteroatoms. The van der Waals surface area contributed by atoms with E-state index in [0.717, 1.165) is 6.42 Å². The molecule has 1 amide bonds. The van der Waals surface area contributed by atoms with Crippen LogP contribution in [0.15, 0.2) is 18.2 Å². The molecule has 0 fully saturated rings. The molecule has 0 bridgehead atoms. The van der Waals surface area contributed by atoms with Crippen molar-refractivity contribution in [3.63, 3.8) is 0 Å². The molecule has 0 saturated heterocycles. The maximum absolute atomic E-state index is 11.7. The third kappa shape index (κ3) is 5.25. The van der Waals surface area contributed by atoms with E-state index in [4.69, 9.17) is 27.9 Å².